The van der Waals surface area contributed by atoms with Gasteiger partial charge >= 0.3 is 12.1 Å². The second-order valence-corrected chi connectivity index (χ2v) is 9.91. The number of benzene rings is 4. The molecule has 7 heteroatoms. The van der Waals surface area contributed by atoms with Crippen LogP contribution in [0.2, 0.25) is 0 Å². The van der Waals surface area contributed by atoms with Gasteiger partial charge in [-0.3, -0.25) is 0 Å². The third-order valence-corrected chi connectivity index (χ3v) is 7.37. The second kappa shape index (κ2) is 10.2. The molecule has 1 heterocycles. The number of carboxylic acid groups (broad SMARTS) is 1. The molecule has 0 spiro atoms. The van der Waals surface area contributed by atoms with Crippen molar-refractivity contribution in [3.8, 4) is 22.3 Å². The van der Waals surface area contributed by atoms with Crippen molar-refractivity contribution in [2.75, 3.05) is 13.1 Å². The van der Waals surface area contributed by atoms with E-state index >= 15 is 0 Å². The van der Waals surface area contributed by atoms with E-state index in [1.165, 1.54) is 12.1 Å². The first-order valence-electron chi connectivity index (χ1n) is 12.7. The van der Waals surface area contributed by atoms with Gasteiger partial charge in [-0.25, -0.2) is 4.79 Å². The summed E-state index contributed by atoms with van der Waals surface area (Å²) >= 11 is 0. The van der Waals surface area contributed by atoms with E-state index in [1.54, 1.807) is 18.2 Å². The molecule has 1 fully saturated rings. The molecular formula is C31H28F3NO3. The highest BCUT2D eigenvalue weighted by molar-refractivity contribution is 6.04. The Balaban J connectivity index is 1.53. The lowest BCUT2D eigenvalue weighted by atomic mass is 9.83. The summed E-state index contributed by atoms with van der Waals surface area (Å²) in [6, 6.07) is 21.3. The fraction of sp³-hybridized carbons (Fsp3) is 0.258. The molecule has 38 heavy (non-hydrogen) atoms. The van der Waals surface area contributed by atoms with Crippen LogP contribution in [0.4, 0.5) is 13.2 Å². The molecule has 0 aromatic heterocycles. The van der Waals surface area contributed by atoms with E-state index in [0.717, 1.165) is 60.1 Å². The van der Waals surface area contributed by atoms with E-state index in [0.29, 0.717) is 29.4 Å². The molecule has 4 aromatic carbocycles. The van der Waals surface area contributed by atoms with Crippen molar-refractivity contribution in [2.24, 2.45) is 0 Å². The van der Waals surface area contributed by atoms with Gasteiger partial charge < -0.3 is 15.5 Å². The van der Waals surface area contributed by atoms with E-state index in [2.05, 4.69) is 5.32 Å². The van der Waals surface area contributed by atoms with Crippen molar-refractivity contribution < 1.29 is 28.2 Å². The molecule has 4 nitrogen and oxygen atoms in total. The van der Waals surface area contributed by atoms with Crippen molar-refractivity contribution in [1.82, 2.24) is 5.32 Å². The predicted molar refractivity (Wildman–Crippen MR) is 142 cm³/mol. The molecule has 0 bridgehead atoms. The van der Waals surface area contributed by atoms with Gasteiger partial charge in [0, 0.05) is 0 Å². The molecule has 0 atom stereocenters. The average Bonchev–Trinajstić information content (AvgIpc) is 2.89. The lowest BCUT2D eigenvalue weighted by Crippen LogP contribution is -2.32. The number of fused-ring (bicyclic) bond motifs is 1. The highest BCUT2D eigenvalue weighted by atomic mass is 19.4. The zero-order chi connectivity index (χ0) is 26.9. The van der Waals surface area contributed by atoms with Crippen molar-refractivity contribution in [2.45, 2.75) is 37.5 Å². The van der Waals surface area contributed by atoms with E-state index in [-0.39, 0.29) is 5.56 Å². The lowest BCUT2D eigenvalue weighted by molar-refractivity contribution is -0.137. The van der Waals surface area contributed by atoms with Gasteiger partial charge in [0.1, 0.15) is 0 Å². The summed E-state index contributed by atoms with van der Waals surface area (Å²) in [5.74, 6) is -1.07. The molecule has 4 aromatic rings. The average molecular weight is 520 g/mol. The van der Waals surface area contributed by atoms with Crippen molar-refractivity contribution in [3.05, 3.63) is 95.6 Å². The maximum Gasteiger partial charge on any atom is 0.416 e. The molecule has 5 rings (SSSR count). The Bertz CT molecular complexity index is 1450. The molecule has 0 unspecified atom stereocenters. The number of hydrogen-bond acceptors (Lipinski definition) is 3. The highest BCUT2D eigenvalue weighted by Gasteiger charge is 2.30. The summed E-state index contributed by atoms with van der Waals surface area (Å²) in [5, 5.41) is 26.0. The Labute approximate surface area is 218 Å². The Morgan fingerprint density at radius 2 is 1.39 bits per heavy atom. The Morgan fingerprint density at radius 1 is 0.789 bits per heavy atom. The van der Waals surface area contributed by atoms with Crippen LogP contribution < -0.4 is 5.32 Å². The topological polar surface area (TPSA) is 69.6 Å². The zero-order valence-corrected chi connectivity index (χ0v) is 20.7. The smallest absolute Gasteiger partial charge is 0.416 e. The number of aromatic carboxylic acids is 1. The minimum absolute atomic E-state index is 0.118. The maximum absolute atomic E-state index is 13.0. The standard InChI is InChI=1S/C31H28F3NO3/c32-31(33,34)26-10-3-20(4-11-26)22-7-12-27-23(17-22)18-24(29(36)37)19-28(27)21-5-8-25(9-6-21)30(38)13-1-15-35-16-2-14-30/h3-12,17-19,35,38H,1-2,13-16H2,(H,36,37). The zero-order valence-electron chi connectivity index (χ0n) is 20.7. The molecule has 0 radical (unpaired) electrons. The quantitative estimate of drug-likeness (QED) is 0.266. The van der Waals surface area contributed by atoms with Gasteiger partial charge in [-0.2, -0.15) is 13.2 Å². The molecule has 1 aliphatic rings. The number of carboxylic acids is 1. The van der Waals surface area contributed by atoms with Gasteiger partial charge in [-0.1, -0.05) is 48.5 Å². The van der Waals surface area contributed by atoms with Crippen LogP contribution in [0.25, 0.3) is 33.0 Å². The van der Waals surface area contributed by atoms with Crippen LogP contribution in [-0.4, -0.2) is 29.3 Å². The van der Waals surface area contributed by atoms with Crippen LogP contribution in [-0.2, 0) is 11.8 Å². The van der Waals surface area contributed by atoms with E-state index < -0.39 is 23.3 Å². The summed E-state index contributed by atoms with van der Waals surface area (Å²) in [6.07, 6.45) is -1.31. The summed E-state index contributed by atoms with van der Waals surface area (Å²) in [7, 11) is 0. The summed E-state index contributed by atoms with van der Waals surface area (Å²) in [6.45, 7) is 1.76. The highest BCUT2D eigenvalue weighted by Crippen LogP contribution is 2.37. The van der Waals surface area contributed by atoms with E-state index in [9.17, 15) is 28.2 Å². The Morgan fingerprint density at radius 3 is 2.00 bits per heavy atom. The number of aliphatic hydroxyl groups is 1. The Hall–Kier alpha value is -3.68. The lowest BCUT2D eigenvalue weighted by Gasteiger charge is -2.31. The fourth-order valence-corrected chi connectivity index (χ4v) is 5.27. The number of carbonyl (C=O) groups is 1. The van der Waals surface area contributed by atoms with Gasteiger partial charge in [0.2, 0.25) is 0 Å². The molecule has 1 aliphatic heterocycles. The van der Waals surface area contributed by atoms with Gasteiger partial charge in [-0.15, -0.1) is 0 Å². The van der Waals surface area contributed by atoms with Crippen LogP contribution in [0.1, 0.15) is 47.2 Å². The summed E-state index contributed by atoms with van der Waals surface area (Å²) in [5.41, 5.74) is 2.22. The van der Waals surface area contributed by atoms with Crippen LogP contribution >= 0.6 is 0 Å². The normalized spacial score (nSPS) is 16.1. The number of nitrogens with one attached hydrogen (secondary N) is 1. The number of rotatable bonds is 4. The molecule has 1 saturated heterocycles. The van der Waals surface area contributed by atoms with Crippen LogP contribution in [0.15, 0.2) is 78.9 Å². The predicted octanol–water partition coefficient (Wildman–Crippen LogP) is 7.24. The minimum Gasteiger partial charge on any atom is -0.478 e. The maximum atomic E-state index is 13.0. The van der Waals surface area contributed by atoms with Gasteiger partial charge in [0.05, 0.1) is 16.7 Å². The SMILES string of the molecule is O=C(O)c1cc(-c2ccc(C3(O)CCCNCCC3)cc2)c2ccc(-c3ccc(C(F)(F)F)cc3)cc2c1. The monoisotopic (exact) mass is 519 g/mol. The minimum atomic E-state index is -4.41. The van der Waals surface area contributed by atoms with Gasteiger partial charge in [0.25, 0.3) is 0 Å². The number of hydrogen-bond donors (Lipinski definition) is 3. The molecule has 0 aliphatic carbocycles. The third kappa shape index (κ3) is 5.30. The van der Waals surface area contributed by atoms with Gasteiger partial charge in [0.15, 0.2) is 0 Å². The van der Waals surface area contributed by atoms with Crippen LogP contribution in [0.3, 0.4) is 0 Å². The number of halogens is 3. The molecular weight excluding hydrogens is 491 g/mol. The van der Waals surface area contributed by atoms with Crippen molar-refractivity contribution in [1.29, 1.82) is 0 Å². The first kappa shape index (κ1) is 25.9. The van der Waals surface area contributed by atoms with Crippen molar-refractivity contribution in [3.63, 3.8) is 0 Å². The van der Waals surface area contributed by atoms with E-state index in [4.69, 9.17) is 0 Å². The number of alkyl halides is 3. The molecule has 3 N–H and O–H groups in total. The molecule has 196 valence electrons. The largest absolute Gasteiger partial charge is 0.478 e. The summed E-state index contributed by atoms with van der Waals surface area (Å²) < 4.78 is 38.9. The fourth-order valence-electron chi connectivity index (χ4n) is 5.27. The summed E-state index contributed by atoms with van der Waals surface area (Å²) in [4.78, 5) is 11.9. The Kier molecular flexibility index (Phi) is 6.99. The molecule has 0 saturated carbocycles. The third-order valence-electron chi connectivity index (χ3n) is 7.37. The van der Waals surface area contributed by atoms with Crippen LogP contribution in [0.5, 0.6) is 0 Å². The molecule has 0 amide bonds. The van der Waals surface area contributed by atoms with Gasteiger partial charge in [-0.05, 0) is 108 Å². The van der Waals surface area contributed by atoms with Crippen LogP contribution in [0, 0.1) is 0 Å². The second-order valence-electron chi connectivity index (χ2n) is 9.91. The first-order chi connectivity index (χ1) is 18.1. The van der Waals surface area contributed by atoms with E-state index in [1.807, 2.05) is 36.4 Å². The first-order valence-corrected chi connectivity index (χ1v) is 12.7. The van der Waals surface area contributed by atoms with Crippen molar-refractivity contribution >= 4 is 16.7 Å².